The Morgan fingerprint density at radius 3 is 2.00 bits per heavy atom. The molecule has 8 heavy (non-hydrogen) atoms. The normalized spacial score (nSPS) is 14.6. The fourth-order valence-electron chi connectivity index (χ4n) is 0.310. The van der Waals surface area contributed by atoms with Crippen molar-refractivity contribution in [3.05, 3.63) is 0 Å². The van der Waals surface area contributed by atoms with Crippen molar-refractivity contribution >= 4 is 0 Å². The molecule has 0 saturated carbocycles. The molecule has 1 N–H and O–H groups in total. The molecule has 50 valence electrons. The van der Waals surface area contributed by atoms with E-state index in [-0.39, 0.29) is 12.9 Å². The molecule has 0 bridgehead atoms. The first-order valence-corrected chi connectivity index (χ1v) is 2.91. The number of hydrogen-bond acceptors (Lipinski definition) is 2. The zero-order chi connectivity index (χ0) is 6.57. The Balaban J connectivity index is 3.17. The standard InChI is InChI=1S/C6H14O2/c1-5(2)6(3)8-4-7/h5-7H,4H2,1-3H3. The molecule has 0 heterocycles. The van der Waals surface area contributed by atoms with Crippen LogP contribution in [0.5, 0.6) is 0 Å². The summed E-state index contributed by atoms with van der Waals surface area (Å²) in [6, 6.07) is 0. The summed E-state index contributed by atoms with van der Waals surface area (Å²) < 4.78 is 4.86. The summed E-state index contributed by atoms with van der Waals surface area (Å²) in [4.78, 5) is 0. The minimum absolute atomic E-state index is 0.167. The number of hydrogen-bond donors (Lipinski definition) is 1. The molecule has 1 atom stereocenters. The fraction of sp³-hybridized carbons (Fsp3) is 1.00. The molecule has 0 amide bonds. The molecule has 0 aliphatic heterocycles. The highest BCUT2D eigenvalue weighted by atomic mass is 16.6. The van der Waals surface area contributed by atoms with Gasteiger partial charge < -0.3 is 9.84 Å². The molecule has 0 fully saturated rings. The summed E-state index contributed by atoms with van der Waals surface area (Å²) in [5.41, 5.74) is 0. The van der Waals surface area contributed by atoms with Crippen LogP contribution in [0.15, 0.2) is 0 Å². The van der Waals surface area contributed by atoms with E-state index in [1.54, 1.807) is 0 Å². The highest BCUT2D eigenvalue weighted by Gasteiger charge is 2.04. The van der Waals surface area contributed by atoms with E-state index in [4.69, 9.17) is 9.84 Å². The third-order valence-corrected chi connectivity index (χ3v) is 1.28. The second-order valence-electron chi connectivity index (χ2n) is 2.24. The maximum atomic E-state index is 8.26. The molecule has 0 rings (SSSR count). The van der Waals surface area contributed by atoms with Gasteiger partial charge in [0.1, 0.15) is 6.79 Å². The molecule has 0 aliphatic carbocycles. The van der Waals surface area contributed by atoms with Gasteiger partial charge in [-0.3, -0.25) is 0 Å². The van der Waals surface area contributed by atoms with Crippen molar-refractivity contribution in [1.82, 2.24) is 0 Å². The molecular formula is C6H14O2. The molecule has 0 spiro atoms. The van der Waals surface area contributed by atoms with Gasteiger partial charge in [0.2, 0.25) is 0 Å². The van der Waals surface area contributed by atoms with Crippen LogP contribution in [0.3, 0.4) is 0 Å². The van der Waals surface area contributed by atoms with E-state index in [1.165, 1.54) is 0 Å². The third kappa shape index (κ3) is 2.99. The lowest BCUT2D eigenvalue weighted by atomic mass is 10.1. The van der Waals surface area contributed by atoms with Crippen molar-refractivity contribution in [2.75, 3.05) is 6.79 Å². The molecule has 0 radical (unpaired) electrons. The maximum Gasteiger partial charge on any atom is 0.143 e. The number of aliphatic hydroxyl groups is 1. The highest BCUT2D eigenvalue weighted by molar-refractivity contribution is 4.52. The van der Waals surface area contributed by atoms with Crippen molar-refractivity contribution in [1.29, 1.82) is 0 Å². The Morgan fingerprint density at radius 2 is 1.88 bits per heavy atom. The van der Waals surface area contributed by atoms with Crippen molar-refractivity contribution in [3.8, 4) is 0 Å². The minimum Gasteiger partial charge on any atom is -0.371 e. The quantitative estimate of drug-likeness (QED) is 0.560. The lowest BCUT2D eigenvalue weighted by molar-refractivity contribution is -0.0591. The van der Waals surface area contributed by atoms with Crippen molar-refractivity contribution < 1.29 is 9.84 Å². The molecule has 0 aromatic carbocycles. The summed E-state index contributed by atoms with van der Waals surface area (Å²) in [5, 5.41) is 8.26. The van der Waals surface area contributed by atoms with Crippen LogP contribution in [0.1, 0.15) is 20.8 Å². The Kier molecular flexibility index (Phi) is 3.83. The highest BCUT2D eigenvalue weighted by Crippen LogP contribution is 2.03. The monoisotopic (exact) mass is 118 g/mol. The second-order valence-corrected chi connectivity index (χ2v) is 2.24. The predicted molar refractivity (Wildman–Crippen MR) is 32.5 cm³/mol. The van der Waals surface area contributed by atoms with Gasteiger partial charge in [0.25, 0.3) is 0 Å². The Bertz CT molecular complexity index is 52.5. The Labute approximate surface area is 50.5 Å². The molecule has 2 heteroatoms. The minimum atomic E-state index is -0.167. The average Bonchev–Trinajstić information content (AvgIpc) is 1.67. The van der Waals surface area contributed by atoms with Crippen molar-refractivity contribution in [2.24, 2.45) is 5.92 Å². The van der Waals surface area contributed by atoms with Gasteiger partial charge in [0.15, 0.2) is 0 Å². The number of ether oxygens (including phenoxy) is 1. The number of rotatable bonds is 3. The summed E-state index contributed by atoms with van der Waals surface area (Å²) in [6.07, 6.45) is 0.167. The zero-order valence-electron chi connectivity index (χ0n) is 5.72. The van der Waals surface area contributed by atoms with Crippen molar-refractivity contribution in [2.45, 2.75) is 26.9 Å². The van der Waals surface area contributed by atoms with Crippen LogP contribution in [-0.2, 0) is 4.74 Å². The smallest absolute Gasteiger partial charge is 0.143 e. The molecule has 2 nitrogen and oxygen atoms in total. The third-order valence-electron chi connectivity index (χ3n) is 1.28. The zero-order valence-corrected chi connectivity index (χ0v) is 5.72. The lowest BCUT2D eigenvalue weighted by Gasteiger charge is -2.13. The largest absolute Gasteiger partial charge is 0.371 e. The van der Waals surface area contributed by atoms with E-state index in [0.29, 0.717) is 5.92 Å². The van der Waals surface area contributed by atoms with Gasteiger partial charge in [-0.05, 0) is 12.8 Å². The van der Waals surface area contributed by atoms with Crippen LogP contribution >= 0.6 is 0 Å². The molecule has 0 saturated heterocycles. The summed E-state index contributed by atoms with van der Waals surface area (Å²) in [7, 11) is 0. The van der Waals surface area contributed by atoms with Gasteiger partial charge in [-0.2, -0.15) is 0 Å². The van der Waals surface area contributed by atoms with Crippen LogP contribution < -0.4 is 0 Å². The van der Waals surface area contributed by atoms with Crippen molar-refractivity contribution in [3.63, 3.8) is 0 Å². The van der Waals surface area contributed by atoms with Gasteiger partial charge in [-0.1, -0.05) is 13.8 Å². The first-order valence-electron chi connectivity index (χ1n) is 2.91. The molecule has 0 aromatic heterocycles. The SMILES string of the molecule is CC(C)C(C)OCO. The van der Waals surface area contributed by atoms with Gasteiger partial charge in [-0.25, -0.2) is 0 Å². The predicted octanol–water partition coefficient (Wildman–Crippen LogP) is 0.997. The first kappa shape index (κ1) is 7.92. The van der Waals surface area contributed by atoms with E-state index in [0.717, 1.165) is 0 Å². The summed E-state index contributed by atoms with van der Waals surface area (Å²) in [5.74, 6) is 0.488. The van der Waals surface area contributed by atoms with Crippen LogP contribution in [0.2, 0.25) is 0 Å². The van der Waals surface area contributed by atoms with Gasteiger partial charge >= 0.3 is 0 Å². The molecule has 0 aliphatic rings. The Hall–Kier alpha value is -0.0800. The van der Waals surface area contributed by atoms with Crippen LogP contribution in [-0.4, -0.2) is 18.0 Å². The topological polar surface area (TPSA) is 29.5 Å². The fourth-order valence-corrected chi connectivity index (χ4v) is 0.310. The van der Waals surface area contributed by atoms with Crippen LogP contribution in [0.4, 0.5) is 0 Å². The second kappa shape index (κ2) is 3.87. The number of aliphatic hydroxyl groups excluding tert-OH is 1. The van der Waals surface area contributed by atoms with E-state index < -0.39 is 0 Å². The first-order chi connectivity index (χ1) is 3.68. The van der Waals surface area contributed by atoms with Crippen LogP contribution in [0, 0.1) is 5.92 Å². The maximum absolute atomic E-state index is 8.26. The average molecular weight is 118 g/mol. The van der Waals surface area contributed by atoms with Gasteiger partial charge in [0.05, 0.1) is 6.10 Å². The summed E-state index contributed by atoms with van der Waals surface area (Å²) >= 11 is 0. The van der Waals surface area contributed by atoms with Crippen LogP contribution in [0.25, 0.3) is 0 Å². The molecule has 0 aromatic rings. The van der Waals surface area contributed by atoms with Gasteiger partial charge in [0, 0.05) is 0 Å². The molecular weight excluding hydrogens is 104 g/mol. The van der Waals surface area contributed by atoms with E-state index in [2.05, 4.69) is 13.8 Å². The molecule has 1 unspecified atom stereocenters. The van der Waals surface area contributed by atoms with E-state index in [1.807, 2.05) is 6.92 Å². The van der Waals surface area contributed by atoms with Gasteiger partial charge in [-0.15, -0.1) is 0 Å². The lowest BCUT2D eigenvalue weighted by Crippen LogP contribution is -2.15. The summed E-state index contributed by atoms with van der Waals surface area (Å²) in [6.45, 7) is 5.89. The Morgan fingerprint density at radius 1 is 1.38 bits per heavy atom. The van der Waals surface area contributed by atoms with E-state index >= 15 is 0 Å². The van der Waals surface area contributed by atoms with E-state index in [9.17, 15) is 0 Å².